The van der Waals surface area contributed by atoms with Crippen molar-refractivity contribution >= 4 is 17.0 Å². The number of nitrogens with one attached hydrogen (secondary N) is 2. The molecule has 0 saturated heterocycles. The number of H-pyrrole nitrogens is 1. The third-order valence-corrected chi connectivity index (χ3v) is 3.21. The highest BCUT2D eigenvalue weighted by Gasteiger charge is 2.07. The fourth-order valence-corrected chi connectivity index (χ4v) is 2.21. The van der Waals surface area contributed by atoms with Gasteiger partial charge in [-0.1, -0.05) is 42.5 Å². The number of nitrogens with zero attached hydrogens (tertiary/aromatic N) is 1. The van der Waals surface area contributed by atoms with Gasteiger partial charge in [0.15, 0.2) is 0 Å². The Morgan fingerprint density at radius 2 is 1.80 bits per heavy atom. The number of imidazole rings is 1. The van der Waals surface area contributed by atoms with Gasteiger partial charge in [0.05, 0.1) is 17.1 Å². The lowest BCUT2D eigenvalue weighted by atomic mass is 10.1. The lowest BCUT2D eigenvalue weighted by molar-refractivity contribution is 0.188. The maximum Gasteiger partial charge on any atom is 0.201 e. The van der Waals surface area contributed by atoms with Crippen LogP contribution in [0.1, 0.15) is 5.56 Å². The molecule has 3 rings (SSSR count). The monoisotopic (exact) mass is 267 g/mol. The minimum Gasteiger partial charge on any atom is -0.391 e. The first-order valence-electron chi connectivity index (χ1n) is 6.72. The van der Waals surface area contributed by atoms with E-state index in [1.54, 1.807) is 0 Å². The molecule has 1 heterocycles. The summed E-state index contributed by atoms with van der Waals surface area (Å²) in [7, 11) is 0. The number of fused-ring (bicyclic) bond motifs is 1. The molecule has 1 unspecified atom stereocenters. The minimum absolute atomic E-state index is 0.439. The van der Waals surface area contributed by atoms with E-state index in [2.05, 4.69) is 15.3 Å². The summed E-state index contributed by atoms with van der Waals surface area (Å²) >= 11 is 0. The van der Waals surface area contributed by atoms with Crippen molar-refractivity contribution in [1.29, 1.82) is 0 Å². The molecular formula is C16H17N3O. The Kier molecular flexibility index (Phi) is 3.65. The number of aromatic amines is 1. The molecule has 3 N–H and O–H groups in total. The molecule has 3 aromatic rings. The van der Waals surface area contributed by atoms with Crippen LogP contribution in [0.15, 0.2) is 54.6 Å². The predicted molar refractivity (Wildman–Crippen MR) is 80.7 cm³/mol. The lowest BCUT2D eigenvalue weighted by Gasteiger charge is -2.11. The van der Waals surface area contributed by atoms with E-state index in [9.17, 15) is 5.11 Å². The van der Waals surface area contributed by atoms with Gasteiger partial charge in [-0.3, -0.25) is 0 Å². The van der Waals surface area contributed by atoms with E-state index in [-0.39, 0.29) is 0 Å². The van der Waals surface area contributed by atoms with Gasteiger partial charge in [0, 0.05) is 13.0 Å². The normalized spacial score (nSPS) is 12.4. The molecule has 20 heavy (non-hydrogen) atoms. The second-order valence-corrected chi connectivity index (χ2v) is 4.83. The Hall–Kier alpha value is -2.33. The second kappa shape index (κ2) is 5.75. The number of aromatic nitrogens is 2. The fourth-order valence-electron chi connectivity index (χ4n) is 2.21. The van der Waals surface area contributed by atoms with Crippen LogP contribution in [-0.2, 0) is 6.42 Å². The van der Waals surface area contributed by atoms with Crippen molar-refractivity contribution < 1.29 is 5.11 Å². The summed E-state index contributed by atoms with van der Waals surface area (Å²) in [4.78, 5) is 7.60. The van der Waals surface area contributed by atoms with Crippen LogP contribution in [0.4, 0.5) is 5.95 Å². The first-order chi connectivity index (χ1) is 9.81. The van der Waals surface area contributed by atoms with E-state index in [4.69, 9.17) is 0 Å². The van der Waals surface area contributed by atoms with Crippen molar-refractivity contribution in [2.45, 2.75) is 12.5 Å². The smallest absolute Gasteiger partial charge is 0.201 e. The summed E-state index contributed by atoms with van der Waals surface area (Å²) in [5, 5.41) is 13.2. The summed E-state index contributed by atoms with van der Waals surface area (Å²) in [6.07, 6.45) is 0.194. The number of hydrogen-bond donors (Lipinski definition) is 3. The van der Waals surface area contributed by atoms with Crippen LogP contribution in [0.25, 0.3) is 11.0 Å². The van der Waals surface area contributed by atoms with E-state index < -0.39 is 6.10 Å². The quantitative estimate of drug-likeness (QED) is 0.666. The lowest BCUT2D eigenvalue weighted by Crippen LogP contribution is -2.22. The minimum atomic E-state index is -0.439. The Bertz CT molecular complexity index is 645. The van der Waals surface area contributed by atoms with Crippen LogP contribution in [0.5, 0.6) is 0 Å². The molecule has 0 saturated carbocycles. The zero-order chi connectivity index (χ0) is 13.8. The van der Waals surface area contributed by atoms with Gasteiger partial charge in [-0.2, -0.15) is 0 Å². The van der Waals surface area contributed by atoms with Gasteiger partial charge in [0.2, 0.25) is 5.95 Å². The Morgan fingerprint density at radius 3 is 2.60 bits per heavy atom. The molecule has 0 fully saturated rings. The van der Waals surface area contributed by atoms with Crippen LogP contribution >= 0.6 is 0 Å². The van der Waals surface area contributed by atoms with Crippen LogP contribution in [0.3, 0.4) is 0 Å². The molecular weight excluding hydrogens is 250 g/mol. The molecule has 1 atom stereocenters. The topological polar surface area (TPSA) is 60.9 Å². The third kappa shape index (κ3) is 2.97. The van der Waals surface area contributed by atoms with E-state index in [0.717, 1.165) is 16.6 Å². The summed E-state index contributed by atoms with van der Waals surface area (Å²) in [5.41, 5.74) is 3.05. The van der Waals surface area contributed by atoms with E-state index in [1.807, 2.05) is 54.6 Å². The number of para-hydroxylation sites is 2. The fraction of sp³-hybridized carbons (Fsp3) is 0.188. The third-order valence-electron chi connectivity index (χ3n) is 3.21. The molecule has 4 heteroatoms. The van der Waals surface area contributed by atoms with Crippen molar-refractivity contribution in [1.82, 2.24) is 9.97 Å². The van der Waals surface area contributed by atoms with Crippen molar-refractivity contribution in [3.63, 3.8) is 0 Å². The molecule has 0 radical (unpaired) electrons. The maximum absolute atomic E-state index is 10.0. The van der Waals surface area contributed by atoms with Crippen molar-refractivity contribution in [3.8, 4) is 0 Å². The van der Waals surface area contributed by atoms with Gasteiger partial charge in [-0.15, -0.1) is 0 Å². The SMILES string of the molecule is OC(CNc1nc2ccccc2[nH]1)Cc1ccccc1. The molecule has 102 valence electrons. The summed E-state index contributed by atoms with van der Waals surface area (Å²) < 4.78 is 0. The van der Waals surface area contributed by atoms with E-state index in [0.29, 0.717) is 18.9 Å². The van der Waals surface area contributed by atoms with Gasteiger partial charge >= 0.3 is 0 Å². The summed E-state index contributed by atoms with van der Waals surface area (Å²) in [6.45, 7) is 0.467. The average molecular weight is 267 g/mol. The number of benzene rings is 2. The van der Waals surface area contributed by atoms with Crippen LogP contribution in [0, 0.1) is 0 Å². The number of anilines is 1. The van der Waals surface area contributed by atoms with Gasteiger partial charge in [-0.25, -0.2) is 4.98 Å². The van der Waals surface area contributed by atoms with Gasteiger partial charge < -0.3 is 15.4 Å². The standard InChI is InChI=1S/C16H17N3O/c20-13(10-12-6-2-1-3-7-12)11-17-16-18-14-8-4-5-9-15(14)19-16/h1-9,13,20H,10-11H2,(H2,17,18,19). The molecule has 0 aliphatic carbocycles. The summed E-state index contributed by atoms with van der Waals surface area (Å²) in [5.74, 6) is 0.693. The predicted octanol–water partition coefficient (Wildman–Crippen LogP) is 2.58. The highest BCUT2D eigenvalue weighted by atomic mass is 16.3. The Balaban J connectivity index is 1.58. The largest absolute Gasteiger partial charge is 0.391 e. The maximum atomic E-state index is 10.0. The molecule has 0 aliphatic heterocycles. The number of aliphatic hydroxyl groups is 1. The van der Waals surface area contributed by atoms with Gasteiger partial charge in [0.25, 0.3) is 0 Å². The molecule has 0 aliphatic rings. The molecule has 1 aromatic heterocycles. The van der Waals surface area contributed by atoms with Gasteiger partial charge in [-0.05, 0) is 17.7 Å². The van der Waals surface area contributed by atoms with Crippen LogP contribution in [-0.4, -0.2) is 27.7 Å². The molecule has 0 spiro atoms. The Morgan fingerprint density at radius 1 is 1.05 bits per heavy atom. The highest BCUT2D eigenvalue weighted by molar-refractivity contribution is 5.77. The molecule has 2 aromatic carbocycles. The zero-order valence-corrected chi connectivity index (χ0v) is 11.1. The van der Waals surface area contributed by atoms with Crippen LogP contribution < -0.4 is 5.32 Å². The van der Waals surface area contributed by atoms with Crippen molar-refractivity contribution in [2.24, 2.45) is 0 Å². The van der Waals surface area contributed by atoms with Crippen LogP contribution in [0.2, 0.25) is 0 Å². The first-order valence-corrected chi connectivity index (χ1v) is 6.72. The average Bonchev–Trinajstić information content (AvgIpc) is 2.89. The number of aliphatic hydroxyl groups excluding tert-OH is 1. The van der Waals surface area contributed by atoms with E-state index in [1.165, 1.54) is 0 Å². The first kappa shape index (κ1) is 12.7. The van der Waals surface area contributed by atoms with Crippen molar-refractivity contribution in [3.05, 3.63) is 60.2 Å². The molecule has 4 nitrogen and oxygen atoms in total. The molecule has 0 bridgehead atoms. The highest BCUT2D eigenvalue weighted by Crippen LogP contribution is 2.13. The second-order valence-electron chi connectivity index (χ2n) is 4.83. The molecule has 0 amide bonds. The Labute approximate surface area is 117 Å². The summed E-state index contributed by atoms with van der Waals surface area (Å²) in [6, 6.07) is 17.8. The number of hydrogen-bond acceptors (Lipinski definition) is 3. The van der Waals surface area contributed by atoms with E-state index >= 15 is 0 Å². The number of rotatable bonds is 5. The van der Waals surface area contributed by atoms with Crippen molar-refractivity contribution in [2.75, 3.05) is 11.9 Å². The zero-order valence-electron chi connectivity index (χ0n) is 11.1. The van der Waals surface area contributed by atoms with Gasteiger partial charge in [0.1, 0.15) is 0 Å².